The summed E-state index contributed by atoms with van der Waals surface area (Å²) in [5, 5.41) is 2.86. The van der Waals surface area contributed by atoms with Gasteiger partial charge in [-0.3, -0.25) is 4.79 Å². The number of aromatic amines is 1. The molecule has 2 unspecified atom stereocenters. The minimum atomic E-state index is -0.594. The van der Waals surface area contributed by atoms with E-state index < -0.39 is 12.1 Å². The maximum Gasteiger partial charge on any atom is 0.407 e. The van der Waals surface area contributed by atoms with Gasteiger partial charge in [-0.2, -0.15) is 0 Å². The Bertz CT molecular complexity index is 1060. The molecule has 2 fully saturated rings. The molecule has 2 amide bonds. The van der Waals surface area contributed by atoms with Crippen molar-refractivity contribution < 1.29 is 19.1 Å². The lowest BCUT2D eigenvalue weighted by Gasteiger charge is -2.34. The molecular weight excluding hydrogens is 510 g/mol. The number of H-pyrrole nitrogens is 1. The van der Waals surface area contributed by atoms with Crippen molar-refractivity contribution in [1.29, 1.82) is 0 Å². The van der Waals surface area contributed by atoms with Crippen molar-refractivity contribution in [3.8, 4) is 11.3 Å². The monoisotopic (exact) mass is 543 g/mol. The second-order valence-electron chi connectivity index (χ2n) is 9.84. The van der Waals surface area contributed by atoms with Crippen LogP contribution in [0.4, 0.5) is 4.79 Å². The number of likely N-dealkylation sites (tertiary alicyclic amines) is 1. The molecule has 0 saturated carbocycles. The highest BCUT2D eigenvalue weighted by atomic mass is 79.9. The van der Waals surface area contributed by atoms with Crippen molar-refractivity contribution in [2.75, 3.05) is 26.9 Å². The number of rotatable bonds is 5. The van der Waals surface area contributed by atoms with E-state index in [-0.39, 0.29) is 17.9 Å². The number of nitrogens with one attached hydrogen (secondary N) is 2. The van der Waals surface area contributed by atoms with Gasteiger partial charge in [0.2, 0.25) is 5.91 Å². The topological polar surface area (TPSA) is 83.7 Å². The minimum absolute atomic E-state index is 0.000311. The van der Waals surface area contributed by atoms with Crippen LogP contribution in [-0.4, -0.2) is 54.8 Å². The van der Waals surface area contributed by atoms with Crippen molar-refractivity contribution >= 4 is 27.9 Å². The first-order valence-corrected chi connectivity index (χ1v) is 13.6. The van der Waals surface area contributed by atoms with E-state index in [9.17, 15) is 9.59 Å². The van der Waals surface area contributed by atoms with E-state index in [4.69, 9.17) is 9.47 Å². The molecule has 1 aromatic heterocycles. The molecule has 2 saturated heterocycles. The summed E-state index contributed by atoms with van der Waals surface area (Å²) in [5.41, 5.74) is 6.35. The standard InChI is InChI=1S/C27H34BrN3O4/c1-34-27(33)30-24(18-12-15-35-16-13-18)26(32)31-14-4-7-22(31)25-21-6-3-2-5-20(21)23(29-25)17-8-10-19(28)11-9-17/h8-11,18,22,24,29H,2-7,12-16H2,1H3,(H,30,33). The fourth-order valence-electron chi connectivity index (χ4n) is 6.04. The van der Waals surface area contributed by atoms with Gasteiger partial charge in [-0.1, -0.05) is 28.1 Å². The van der Waals surface area contributed by atoms with Gasteiger partial charge in [0.25, 0.3) is 0 Å². The summed E-state index contributed by atoms with van der Waals surface area (Å²) in [7, 11) is 1.34. The lowest BCUT2D eigenvalue weighted by Crippen LogP contribution is -2.53. The molecule has 1 aromatic carbocycles. The van der Waals surface area contributed by atoms with Crippen LogP contribution >= 0.6 is 15.9 Å². The van der Waals surface area contributed by atoms with Crippen molar-refractivity contribution in [2.24, 2.45) is 5.92 Å². The highest BCUT2D eigenvalue weighted by Crippen LogP contribution is 2.42. The Hall–Kier alpha value is -2.32. The third kappa shape index (κ3) is 5.00. The number of aromatic nitrogens is 1. The number of amides is 2. The van der Waals surface area contributed by atoms with Gasteiger partial charge in [-0.05, 0) is 86.1 Å². The number of ether oxygens (including phenoxy) is 2. The third-order valence-electron chi connectivity index (χ3n) is 7.82. The molecule has 3 heterocycles. The summed E-state index contributed by atoms with van der Waals surface area (Å²) in [6.07, 6.45) is 7.30. The molecule has 8 heteroatoms. The summed E-state index contributed by atoms with van der Waals surface area (Å²) < 4.78 is 11.4. The number of carbonyl (C=O) groups excluding carboxylic acids is 2. The van der Waals surface area contributed by atoms with Gasteiger partial charge in [-0.15, -0.1) is 0 Å². The van der Waals surface area contributed by atoms with E-state index in [0.29, 0.717) is 19.8 Å². The average molecular weight is 544 g/mol. The second kappa shape index (κ2) is 10.7. The van der Waals surface area contributed by atoms with Crippen LogP contribution in [0.1, 0.15) is 61.4 Å². The Morgan fingerprint density at radius 1 is 1.09 bits per heavy atom. The molecule has 0 radical (unpaired) electrons. The molecule has 3 aliphatic rings. The Morgan fingerprint density at radius 2 is 1.80 bits per heavy atom. The van der Waals surface area contributed by atoms with Gasteiger partial charge in [0.15, 0.2) is 0 Å². The average Bonchev–Trinajstić information content (AvgIpc) is 3.53. The fraction of sp³-hybridized carbons (Fsp3) is 0.556. The number of carbonyl (C=O) groups is 2. The van der Waals surface area contributed by atoms with Crippen LogP contribution in [0.2, 0.25) is 0 Å². The zero-order valence-corrected chi connectivity index (χ0v) is 21.9. The lowest BCUT2D eigenvalue weighted by molar-refractivity contribution is -0.136. The highest BCUT2D eigenvalue weighted by Gasteiger charge is 2.41. The van der Waals surface area contributed by atoms with Gasteiger partial charge < -0.3 is 24.7 Å². The molecule has 35 heavy (non-hydrogen) atoms. The Morgan fingerprint density at radius 3 is 2.51 bits per heavy atom. The van der Waals surface area contributed by atoms with Crippen LogP contribution in [0, 0.1) is 5.92 Å². The quantitative estimate of drug-likeness (QED) is 0.547. The van der Waals surface area contributed by atoms with E-state index in [1.165, 1.54) is 48.0 Å². The number of methoxy groups -OCH3 is 1. The Kier molecular flexibility index (Phi) is 7.48. The predicted octanol–water partition coefficient (Wildman–Crippen LogP) is 5.14. The highest BCUT2D eigenvalue weighted by molar-refractivity contribution is 9.10. The number of benzene rings is 1. The van der Waals surface area contributed by atoms with E-state index in [1.54, 1.807) is 0 Å². The normalized spacial score (nSPS) is 21.4. The fourth-order valence-corrected chi connectivity index (χ4v) is 6.30. The van der Waals surface area contributed by atoms with Crippen LogP contribution < -0.4 is 5.32 Å². The molecule has 0 spiro atoms. The van der Waals surface area contributed by atoms with E-state index >= 15 is 0 Å². The number of halogens is 1. The van der Waals surface area contributed by atoms with E-state index in [1.807, 2.05) is 4.90 Å². The van der Waals surface area contributed by atoms with Gasteiger partial charge >= 0.3 is 6.09 Å². The largest absolute Gasteiger partial charge is 0.453 e. The summed E-state index contributed by atoms with van der Waals surface area (Å²) in [5.74, 6) is 0.0432. The van der Waals surface area contributed by atoms with Gasteiger partial charge in [0.1, 0.15) is 6.04 Å². The zero-order valence-electron chi connectivity index (χ0n) is 20.3. The summed E-state index contributed by atoms with van der Waals surface area (Å²) in [6, 6.07) is 7.85. The maximum atomic E-state index is 14.0. The van der Waals surface area contributed by atoms with E-state index in [2.05, 4.69) is 50.5 Å². The second-order valence-corrected chi connectivity index (χ2v) is 10.8. The maximum absolute atomic E-state index is 14.0. The first-order chi connectivity index (χ1) is 17.1. The minimum Gasteiger partial charge on any atom is -0.453 e. The van der Waals surface area contributed by atoms with Crippen LogP contribution in [0.15, 0.2) is 28.7 Å². The van der Waals surface area contributed by atoms with Crippen LogP contribution in [0.5, 0.6) is 0 Å². The predicted molar refractivity (Wildman–Crippen MR) is 137 cm³/mol. The van der Waals surface area contributed by atoms with Crippen molar-refractivity contribution in [3.63, 3.8) is 0 Å². The molecule has 1 aliphatic carbocycles. The number of nitrogens with zero attached hydrogens (tertiary/aromatic N) is 1. The van der Waals surface area contributed by atoms with Crippen molar-refractivity contribution in [3.05, 3.63) is 45.6 Å². The first-order valence-electron chi connectivity index (χ1n) is 12.8. The van der Waals surface area contributed by atoms with E-state index in [0.717, 1.165) is 43.0 Å². The number of fused-ring (bicyclic) bond motifs is 1. The Balaban J connectivity index is 1.47. The van der Waals surface area contributed by atoms with Crippen LogP contribution in [0.3, 0.4) is 0 Å². The summed E-state index contributed by atoms with van der Waals surface area (Å²) >= 11 is 3.54. The molecule has 2 aliphatic heterocycles. The number of alkyl carbamates (subject to hydrolysis) is 1. The molecule has 7 nitrogen and oxygen atoms in total. The van der Waals surface area contributed by atoms with Gasteiger partial charge in [-0.25, -0.2) is 4.79 Å². The SMILES string of the molecule is COC(=O)NC(C(=O)N1CCCC1c1[nH]c(-c2ccc(Br)cc2)c2c1CCCC2)C1CCOCC1. The summed E-state index contributed by atoms with van der Waals surface area (Å²) in [4.78, 5) is 31.9. The molecular formula is C27H34BrN3O4. The summed E-state index contributed by atoms with van der Waals surface area (Å²) in [6.45, 7) is 1.93. The molecule has 2 aromatic rings. The number of hydrogen-bond donors (Lipinski definition) is 2. The molecule has 0 bridgehead atoms. The van der Waals surface area contributed by atoms with Gasteiger partial charge in [0.05, 0.1) is 13.2 Å². The number of hydrogen-bond acceptors (Lipinski definition) is 4. The molecule has 2 N–H and O–H groups in total. The Labute approximate surface area is 215 Å². The first kappa shape index (κ1) is 24.4. The van der Waals surface area contributed by atoms with Crippen molar-refractivity contribution in [2.45, 2.75) is 63.5 Å². The smallest absolute Gasteiger partial charge is 0.407 e. The van der Waals surface area contributed by atoms with Crippen LogP contribution in [0.25, 0.3) is 11.3 Å². The van der Waals surface area contributed by atoms with Crippen molar-refractivity contribution in [1.82, 2.24) is 15.2 Å². The third-order valence-corrected chi connectivity index (χ3v) is 8.35. The molecule has 5 rings (SSSR count). The molecule has 188 valence electrons. The molecule has 2 atom stereocenters. The zero-order chi connectivity index (χ0) is 24.4. The van der Waals surface area contributed by atoms with Crippen LogP contribution in [-0.2, 0) is 27.1 Å². The lowest BCUT2D eigenvalue weighted by atomic mass is 9.88. The van der Waals surface area contributed by atoms with Gasteiger partial charge in [0, 0.05) is 35.6 Å².